The predicted octanol–water partition coefficient (Wildman–Crippen LogP) is 5.02. The first-order valence-corrected chi connectivity index (χ1v) is 9.35. The van der Waals surface area contributed by atoms with Crippen molar-refractivity contribution < 1.29 is 14.3 Å². The van der Waals surface area contributed by atoms with Gasteiger partial charge in [-0.3, -0.25) is 4.79 Å². The Morgan fingerprint density at radius 1 is 1.10 bits per heavy atom. The molecule has 2 N–H and O–H groups in total. The molecule has 2 heterocycles. The van der Waals surface area contributed by atoms with Crippen molar-refractivity contribution in [2.45, 2.75) is 6.92 Å². The topological polar surface area (TPSA) is 87.7 Å². The fourth-order valence-electron chi connectivity index (χ4n) is 3.08. The van der Waals surface area contributed by atoms with Crippen LogP contribution in [0.25, 0.3) is 28.2 Å². The minimum Gasteiger partial charge on any atom is -0.507 e. The molecule has 4 aromatic rings. The number of carbonyl (C=O) groups excluding carboxylic acids is 1. The molecule has 0 aliphatic carbocycles. The number of hydrogen-bond acceptors (Lipinski definition) is 5. The third kappa shape index (κ3) is 4.12. The fraction of sp³-hybridized carbons (Fsp3) is 0.0417. The minimum absolute atomic E-state index is 0.100. The van der Waals surface area contributed by atoms with Crippen LogP contribution in [0.2, 0.25) is 0 Å². The molecule has 6 nitrogen and oxygen atoms in total. The summed E-state index contributed by atoms with van der Waals surface area (Å²) in [6.07, 6.45) is 4.95. The summed E-state index contributed by atoms with van der Waals surface area (Å²) in [4.78, 5) is 17.5. The smallest absolute Gasteiger partial charge is 0.272 e. The molecule has 0 spiro atoms. The van der Waals surface area contributed by atoms with E-state index >= 15 is 0 Å². The molecule has 0 aliphatic rings. The lowest BCUT2D eigenvalue weighted by Gasteiger charge is -2.10. The Morgan fingerprint density at radius 2 is 1.90 bits per heavy atom. The van der Waals surface area contributed by atoms with E-state index in [2.05, 4.69) is 15.5 Å². The van der Waals surface area contributed by atoms with Crippen LogP contribution in [0.1, 0.15) is 23.0 Å². The number of aromatic hydroxyl groups is 1. The zero-order valence-electron chi connectivity index (χ0n) is 16.2. The zero-order valence-corrected chi connectivity index (χ0v) is 16.2. The molecule has 0 saturated carbocycles. The van der Waals surface area contributed by atoms with E-state index in [1.165, 1.54) is 0 Å². The highest BCUT2D eigenvalue weighted by molar-refractivity contribution is 6.07. The van der Waals surface area contributed by atoms with Crippen molar-refractivity contribution in [2.24, 2.45) is 5.10 Å². The van der Waals surface area contributed by atoms with Crippen molar-refractivity contribution >= 4 is 29.1 Å². The molecule has 2 aromatic heterocycles. The van der Waals surface area contributed by atoms with Crippen LogP contribution < -0.4 is 5.43 Å². The third-order valence-electron chi connectivity index (χ3n) is 4.49. The molecule has 1 amide bonds. The van der Waals surface area contributed by atoms with Gasteiger partial charge in [0.25, 0.3) is 5.91 Å². The van der Waals surface area contributed by atoms with E-state index in [1.54, 1.807) is 42.8 Å². The summed E-state index contributed by atoms with van der Waals surface area (Å²) in [7, 11) is 0. The van der Waals surface area contributed by atoms with Crippen molar-refractivity contribution in [1.29, 1.82) is 0 Å². The second-order valence-corrected chi connectivity index (χ2v) is 6.69. The second kappa shape index (κ2) is 8.45. The predicted molar refractivity (Wildman–Crippen MR) is 117 cm³/mol. The number of phenols is 1. The summed E-state index contributed by atoms with van der Waals surface area (Å²) in [5.41, 5.74) is 5.52. The minimum atomic E-state index is -0.368. The first-order chi connectivity index (χ1) is 14.6. The van der Waals surface area contributed by atoms with Gasteiger partial charge in [0.05, 0.1) is 29.3 Å². The van der Waals surface area contributed by atoms with E-state index in [0.29, 0.717) is 33.5 Å². The Hall–Kier alpha value is -4.19. The molecule has 148 valence electrons. The van der Waals surface area contributed by atoms with E-state index in [1.807, 2.05) is 49.4 Å². The van der Waals surface area contributed by atoms with Gasteiger partial charge < -0.3 is 9.52 Å². The van der Waals surface area contributed by atoms with Crippen molar-refractivity contribution in [2.75, 3.05) is 0 Å². The third-order valence-corrected chi connectivity index (χ3v) is 4.49. The number of benzene rings is 2. The molecule has 4 rings (SSSR count). The fourth-order valence-corrected chi connectivity index (χ4v) is 3.08. The molecule has 0 unspecified atom stereocenters. The SMILES string of the molecule is CC(/C=N/NC(=O)c1cc(-c2ccccc2O)nc2ccccc12)=C\c1ccco1. The van der Waals surface area contributed by atoms with Gasteiger partial charge in [-0.05, 0) is 55.0 Å². The highest BCUT2D eigenvalue weighted by Crippen LogP contribution is 2.30. The number of amides is 1. The van der Waals surface area contributed by atoms with Crippen LogP contribution in [0, 0.1) is 0 Å². The Morgan fingerprint density at radius 3 is 2.70 bits per heavy atom. The van der Waals surface area contributed by atoms with Crippen LogP contribution >= 0.6 is 0 Å². The molecule has 0 aliphatic heterocycles. The number of fused-ring (bicyclic) bond motifs is 1. The number of hydrazone groups is 1. The molecule has 0 atom stereocenters. The van der Waals surface area contributed by atoms with Crippen LogP contribution in [-0.4, -0.2) is 22.2 Å². The van der Waals surface area contributed by atoms with Gasteiger partial charge in [0.2, 0.25) is 0 Å². The Kier molecular flexibility index (Phi) is 5.39. The van der Waals surface area contributed by atoms with Crippen LogP contribution in [0.15, 0.2) is 88.1 Å². The average Bonchev–Trinajstić information content (AvgIpc) is 3.26. The molecule has 2 aromatic carbocycles. The Balaban J connectivity index is 1.65. The van der Waals surface area contributed by atoms with Gasteiger partial charge in [0.15, 0.2) is 0 Å². The van der Waals surface area contributed by atoms with Gasteiger partial charge in [-0.25, -0.2) is 10.4 Å². The summed E-state index contributed by atoms with van der Waals surface area (Å²) in [6, 6.07) is 19.5. The highest BCUT2D eigenvalue weighted by atomic mass is 16.3. The van der Waals surface area contributed by atoms with Crippen molar-refractivity contribution in [3.8, 4) is 17.0 Å². The number of pyridine rings is 1. The molecule has 0 radical (unpaired) electrons. The summed E-state index contributed by atoms with van der Waals surface area (Å²) < 4.78 is 5.26. The number of para-hydroxylation sites is 2. The monoisotopic (exact) mass is 397 g/mol. The van der Waals surface area contributed by atoms with E-state index in [4.69, 9.17) is 4.42 Å². The van der Waals surface area contributed by atoms with Crippen molar-refractivity contribution in [3.63, 3.8) is 0 Å². The molecule has 30 heavy (non-hydrogen) atoms. The number of allylic oxidation sites excluding steroid dienone is 1. The summed E-state index contributed by atoms with van der Waals surface area (Å²) >= 11 is 0. The van der Waals surface area contributed by atoms with E-state index in [-0.39, 0.29) is 11.7 Å². The van der Waals surface area contributed by atoms with Gasteiger partial charge >= 0.3 is 0 Å². The molecule has 0 bridgehead atoms. The van der Waals surface area contributed by atoms with Gasteiger partial charge in [-0.1, -0.05) is 30.3 Å². The molecule has 0 saturated heterocycles. The molecular formula is C24H19N3O3. The quantitative estimate of drug-likeness (QED) is 0.366. The Bertz CT molecular complexity index is 1260. The van der Waals surface area contributed by atoms with Gasteiger partial charge in [0, 0.05) is 10.9 Å². The summed E-state index contributed by atoms with van der Waals surface area (Å²) in [5.74, 6) is 0.438. The van der Waals surface area contributed by atoms with Crippen molar-refractivity contribution in [3.05, 3.63) is 89.9 Å². The summed E-state index contributed by atoms with van der Waals surface area (Å²) in [5, 5.41) is 14.9. The number of hydrogen-bond donors (Lipinski definition) is 2. The maximum Gasteiger partial charge on any atom is 0.272 e. The van der Waals surface area contributed by atoms with Crippen LogP contribution in [0.3, 0.4) is 0 Å². The lowest BCUT2D eigenvalue weighted by molar-refractivity contribution is 0.0956. The number of aromatic nitrogens is 1. The molecule has 6 heteroatoms. The largest absolute Gasteiger partial charge is 0.507 e. The molecule has 0 fully saturated rings. The van der Waals surface area contributed by atoms with E-state index < -0.39 is 0 Å². The Labute approximate surface area is 173 Å². The van der Waals surface area contributed by atoms with E-state index in [0.717, 1.165) is 5.57 Å². The first kappa shape index (κ1) is 19.1. The number of furan rings is 1. The summed E-state index contributed by atoms with van der Waals surface area (Å²) in [6.45, 7) is 1.86. The van der Waals surface area contributed by atoms with Gasteiger partial charge in [-0.2, -0.15) is 5.10 Å². The second-order valence-electron chi connectivity index (χ2n) is 6.69. The zero-order chi connectivity index (χ0) is 20.9. The van der Waals surface area contributed by atoms with E-state index in [9.17, 15) is 9.90 Å². The lowest BCUT2D eigenvalue weighted by Crippen LogP contribution is -2.18. The van der Waals surface area contributed by atoms with Crippen LogP contribution in [-0.2, 0) is 0 Å². The average molecular weight is 397 g/mol. The number of rotatable bonds is 5. The maximum atomic E-state index is 12.9. The number of phenolic OH excluding ortho intramolecular Hbond substituents is 1. The molecular weight excluding hydrogens is 378 g/mol. The first-order valence-electron chi connectivity index (χ1n) is 9.35. The number of nitrogens with zero attached hydrogens (tertiary/aromatic N) is 2. The van der Waals surface area contributed by atoms with Crippen LogP contribution in [0.4, 0.5) is 0 Å². The van der Waals surface area contributed by atoms with Crippen molar-refractivity contribution in [1.82, 2.24) is 10.4 Å². The van der Waals surface area contributed by atoms with Gasteiger partial charge in [-0.15, -0.1) is 0 Å². The normalized spacial score (nSPS) is 11.8. The standard InChI is InChI=1S/C24H19N3O3/c1-16(13-17-7-6-12-30-17)15-25-27-24(29)20-14-22(19-9-3-5-11-23(19)28)26-21-10-4-2-8-18(20)21/h2-15,28H,1H3,(H,27,29)/b16-13+,25-15+. The number of carbonyl (C=O) groups is 1. The lowest BCUT2D eigenvalue weighted by atomic mass is 10.0. The van der Waals surface area contributed by atoms with Crippen LogP contribution in [0.5, 0.6) is 5.75 Å². The highest BCUT2D eigenvalue weighted by Gasteiger charge is 2.15. The number of nitrogens with one attached hydrogen (secondary N) is 1. The maximum absolute atomic E-state index is 12.9. The van der Waals surface area contributed by atoms with Gasteiger partial charge in [0.1, 0.15) is 11.5 Å².